The van der Waals surface area contributed by atoms with Crippen molar-refractivity contribution in [2.75, 3.05) is 6.54 Å². The van der Waals surface area contributed by atoms with Crippen LogP contribution in [0.1, 0.15) is 0 Å². The predicted octanol–water partition coefficient (Wildman–Crippen LogP) is 2.02. The second-order valence-electron chi connectivity index (χ2n) is 5.73. The average molecular weight is 411 g/mol. The number of nitrogens with zero attached hydrogens (tertiary/aromatic N) is 3. The summed E-state index contributed by atoms with van der Waals surface area (Å²) in [6, 6.07) is 12.3. The summed E-state index contributed by atoms with van der Waals surface area (Å²) in [5.74, 6) is -0.224. The van der Waals surface area contributed by atoms with Gasteiger partial charge in [0.15, 0.2) is 5.82 Å². The Labute approximate surface area is 160 Å². The monoisotopic (exact) mass is 410 g/mol. The third-order valence-electron chi connectivity index (χ3n) is 3.89. The highest BCUT2D eigenvalue weighted by Crippen LogP contribution is 2.19. The number of aromatic nitrogens is 3. The molecule has 0 fully saturated rings. The summed E-state index contributed by atoms with van der Waals surface area (Å²) >= 11 is 5.62. The van der Waals surface area contributed by atoms with Gasteiger partial charge in [0.05, 0.1) is 16.5 Å². The Morgan fingerprint density at radius 3 is 2.56 bits per heavy atom. The fourth-order valence-electron chi connectivity index (χ4n) is 2.49. The number of hydrogen-bond donors (Lipinski definition) is 1. The van der Waals surface area contributed by atoms with Crippen LogP contribution in [0.5, 0.6) is 0 Å². The van der Waals surface area contributed by atoms with E-state index >= 15 is 0 Å². The van der Waals surface area contributed by atoms with E-state index in [0.29, 0.717) is 5.82 Å². The van der Waals surface area contributed by atoms with Gasteiger partial charge >= 0.3 is 5.69 Å². The van der Waals surface area contributed by atoms with Crippen LogP contribution in [0.15, 0.2) is 58.2 Å². The van der Waals surface area contributed by atoms with Gasteiger partial charge in [-0.05, 0) is 18.2 Å². The lowest BCUT2D eigenvalue weighted by atomic mass is 10.2. The summed E-state index contributed by atoms with van der Waals surface area (Å²) in [6.45, 7) is -0.0316. The first-order chi connectivity index (χ1) is 12.8. The van der Waals surface area contributed by atoms with Crippen LogP contribution in [0.3, 0.4) is 0 Å². The fraction of sp³-hybridized carbons (Fsp3) is 0.176. The number of nitrogens with one attached hydrogen (secondary N) is 1. The van der Waals surface area contributed by atoms with Gasteiger partial charge in [-0.3, -0.25) is 4.57 Å². The molecule has 0 aliphatic rings. The second kappa shape index (κ2) is 7.63. The molecule has 1 heterocycles. The van der Waals surface area contributed by atoms with Crippen molar-refractivity contribution in [2.45, 2.75) is 11.4 Å². The minimum absolute atomic E-state index is 0.0354. The van der Waals surface area contributed by atoms with Crippen molar-refractivity contribution in [3.8, 4) is 11.4 Å². The van der Waals surface area contributed by atoms with Crippen LogP contribution in [0.2, 0.25) is 5.02 Å². The molecule has 2 aromatic carbocycles. The number of hydrogen-bond acceptors (Lipinski definition) is 4. The number of benzene rings is 2. The third-order valence-corrected chi connectivity index (χ3v) is 5.64. The lowest BCUT2D eigenvalue weighted by Crippen LogP contribution is -2.31. The van der Waals surface area contributed by atoms with E-state index in [1.165, 1.54) is 9.25 Å². The molecule has 0 radical (unpaired) electrons. The Kier molecular flexibility index (Phi) is 5.45. The van der Waals surface area contributed by atoms with E-state index in [2.05, 4.69) is 9.82 Å². The normalized spacial score (nSPS) is 11.7. The van der Waals surface area contributed by atoms with Gasteiger partial charge in [0.25, 0.3) is 0 Å². The van der Waals surface area contributed by atoms with E-state index in [4.69, 9.17) is 11.6 Å². The van der Waals surface area contributed by atoms with E-state index in [-0.39, 0.29) is 28.7 Å². The zero-order valence-electron chi connectivity index (χ0n) is 14.3. The molecule has 27 heavy (non-hydrogen) atoms. The van der Waals surface area contributed by atoms with E-state index in [1.54, 1.807) is 7.05 Å². The molecule has 0 aliphatic carbocycles. The van der Waals surface area contributed by atoms with Gasteiger partial charge < -0.3 is 0 Å². The first-order valence-electron chi connectivity index (χ1n) is 7.93. The zero-order chi connectivity index (χ0) is 19.6. The molecule has 1 N–H and O–H groups in total. The van der Waals surface area contributed by atoms with Crippen molar-refractivity contribution < 1.29 is 12.8 Å². The van der Waals surface area contributed by atoms with Gasteiger partial charge in [-0.2, -0.15) is 0 Å². The number of rotatable bonds is 6. The third kappa shape index (κ3) is 4.10. The molecule has 10 heteroatoms. The van der Waals surface area contributed by atoms with Crippen molar-refractivity contribution in [3.05, 3.63) is 69.9 Å². The Balaban J connectivity index is 1.74. The standard InChI is InChI=1S/C17H16ClFN4O3S/c1-22-16(12-5-3-2-4-6-12)21-23(17(22)24)10-9-20-27(25,26)13-7-8-15(19)14(18)11-13/h2-8,11,20H,9-10H2,1H3. The Bertz CT molecular complexity index is 1130. The van der Waals surface area contributed by atoms with Crippen molar-refractivity contribution in [1.82, 2.24) is 19.1 Å². The molecule has 0 unspecified atom stereocenters. The van der Waals surface area contributed by atoms with Crippen LogP contribution in [-0.4, -0.2) is 29.3 Å². The minimum atomic E-state index is -3.89. The molecule has 142 valence electrons. The molecule has 0 aliphatic heterocycles. The molecular formula is C17H16ClFN4O3S. The predicted molar refractivity (Wildman–Crippen MR) is 99.5 cm³/mol. The topological polar surface area (TPSA) is 86.0 Å². The summed E-state index contributed by atoms with van der Waals surface area (Å²) < 4.78 is 42.6. The largest absolute Gasteiger partial charge is 0.345 e. The van der Waals surface area contributed by atoms with E-state index < -0.39 is 15.8 Å². The maximum Gasteiger partial charge on any atom is 0.345 e. The van der Waals surface area contributed by atoms with Gasteiger partial charge in [-0.25, -0.2) is 27.0 Å². The number of halogens is 2. The molecule has 0 amide bonds. The highest BCUT2D eigenvalue weighted by atomic mass is 35.5. The van der Waals surface area contributed by atoms with Crippen LogP contribution in [0, 0.1) is 5.82 Å². The van der Waals surface area contributed by atoms with Gasteiger partial charge in [-0.1, -0.05) is 41.9 Å². The molecule has 3 aromatic rings. The summed E-state index contributed by atoms with van der Waals surface area (Å²) in [4.78, 5) is 12.1. The van der Waals surface area contributed by atoms with Crippen LogP contribution in [-0.2, 0) is 23.6 Å². The molecule has 0 bridgehead atoms. The van der Waals surface area contributed by atoms with Crippen molar-refractivity contribution in [1.29, 1.82) is 0 Å². The molecular weight excluding hydrogens is 395 g/mol. The fourth-order valence-corrected chi connectivity index (χ4v) is 3.78. The summed E-state index contributed by atoms with van der Waals surface area (Å²) in [6.07, 6.45) is 0. The van der Waals surface area contributed by atoms with Crippen molar-refractivity contribution in [2.24, 2.45) is 7.05 Å². The quantitative estimate of drug-likeness (QED) is 0.673. The molecule has 7 nitrogen and oxygen atoms in total. The van der Waals surface area contributed by atoms with Gasteiger partial charge in [0, 0.05) is 19.2 Å². The van der Waals surface area contributed by atoms with E-state index in [1.807, 2.05) is 30.3 Å². The molecule has 0 spiro atoms. The van der Waals surface area contributed by atoms with Crippen molar-refractivity contribution >= 4 is 21.6 Å². The van der Waals surface area contributed by atoms with Gasteiger partial charge in [0.1, 0.15) is 5.82 Å². The van der Waals surface area contributed by atoms with Crippen LogP contribution >= 0.6 is 11.6 Å². The lowest BCUT2D eigenvalue weighted by molar-refractivity contribution is 0.550. The Morgan fingerprint density at radius 1 is 1.19 bits per heavy atom. The number of sulfonamides is 1. The molecule has 0 atom stereocenters. The maximum absolute atomic E-state index is 13.2. The second-order valence-corrected chi connectivity index (χ2v) is 7.90. The SMILES string of the molecule is Cn1c(-c2ccccc2)nn(CCNS(=O)(=O)c2ccc(F)c(Cl)c2)c1=O. The molecule has 0 saturated carbocycles. The first-order valence-corrected chi connectivity index (χ1v) is 9.79. The maximum atomic E-state index is 13.2. The van der Waals surface area contributed by atoms with Crippen LogP contribution < -0.4 is 10.4 Å². The van der Waals surface area contributed by atoms with Crippen LogP contribution in [0.25, 0.3) is 11.4 Å². The highest BCUT2D eigenvalue weighted by molar-refractivity contribution is 7.89. The van der Waals surface area contributed by atoms with Gasteiger partial charge in [0.2, 0.25) is 10.0 Å². The highest BCUT2D eigenvalue weighted by Gasteiger charge is 2.17. The van der Waals surface area contributed by atoms with Crippen LogP contribution in [0.4, 0.5) is 4.39 Å². The van der Waals surface area contributed by atoms with Gasteiger partial charge in [-0.15, -0.1) is 5.10 Å². The Morgan fingerprint density at radius 2 is 1.89 bits per heavy atom. The smallest absolute Gasteiger partial charge is 0.278 e. The Hall–Kier alpha value is -2.49. The summed E-state index contributed by atoms with van der Waals surface area (Å²) in [5, 5.41) is 3.97. The summed E-state index contributed by atoms with van der Waals surface area (Å²) in [7, 11) is -2.29. The molecule has 3 rings (SSSR count). The molecule has 1 aromatic heterocycles. The minimum Gasteiger partial charge on any atom is -0.278 e. The zero-order valence-corrected chi connectivity index (χ0v) is 15.8. The average Bonchev–Trinajstić information content (AvgIpc) is 2.93. The van der Waals surface area contributed by atoms with E-state index in [0.717, 1.165) is 23.8 Å². The van der Waals surface area contributed by atoms with E-state index in [9.17, 15) is 17.6 Å². The molecule has 0 saturated heterocycles. The first kappa shape index (κ1) is 19.3. The lowest BCUT2D eigenvalue weighted by Gasteiger charge is -2.07. The van der Waals surface area contributed by atoms with Crippen molar-refractivity contribution in [3.63, 3.8) is 0 Å². The summed E-state index contributed by atoms with van der Waals surface area (Å²) in [5.41, 5.74) is 0.412.